The molecule has 0 aliphatic carbocycles. The molecule has 3 heteroatoms. The number of hydrogen-bond acceptors (Lipinski definition) is 1. The molecule has 20 heavy (non-hydrogen) atoms. The Hall–Kier alpha value is -2.42. The van der Waals surface area contributed by atoms with Crippen molar-refractivity contribution in [3.63, 3.8) is 0 Å². The van der Waals surface area contributed by atoms with Gasteiger partial charge in [-0.2, -0.15) is 0 Å². The largest absolute Gasteiger partial charge is 0.494 e. The molecule has 0 aliphatic rings. The molecule has 0 fully saturated rings. The third-order valence-corrected chi connectivity index (χ3v) is 2.73. The Kier molecular flexibility index (Phi) is 4.66. The van der Waals surface area contributed by atoms with Gasteiger partial charge in [-0.05, 0) is 35.4 Å². The van der Waals surface area contributed by atoms with E-state index in [0.717, 1.165) is 11.1 Å². The average Bonchev–Trinajstić information content (AvgIpc) is 2.47. The normalized spacial score (nSPS) is 11.3. The molecule has 0 radical (unpaired) electrons. The first-order valence-corrected chi connectivity index (χ1v) is 6.13. The summed E-state index contributed by atoms with van der Waals surface area (Å²) in [6.45, 7) is 0. The highest BCUT2D eigenvalue weighted by Crippen LogP contribution is 2.19. The van der Waals surface area contributed by atoms with Crippen LogP contribution in [0.1, 0.15) is 11.1 Å². The van der Waals surface area contributed by atoms with E-state index in [2.05, 4.69) is 0 Å². The summed E-state index contributed by atoms with van der Waals surface area (Å²) >= 11 is 0. The van der Waals surface area contributed by atoms with Crippen LogP contribution in [0.15, 0.2) is 54.6 Å². The van der Waals surface area contributed by atoms with Crippen molar-refractivity contribution >= 4 is 12.2 Å². The molecule has 0 amide bonds. The number of halogens is 2. The number of benzene rings is 2. The molecule has 0 bridgehead atoms. The first-order valence-electron chi connectivity index (χ1n) is 6.13. The molecular formula is C17H14F2O. The molecule has 0 aromatic heterocycles. The van der Waals surface area contributed by atoms with E-state index in [9.17, 15) is 8.78 Å². The number of methoxy groups -OCH3 is 1. The van der Waals surface area contributed by atoms with Gasteiger partial charge in [-0.3, -0.25) is 0 Å². The summed E-state index contributed by atoms with van der Waals surface area (Å²) in [6.07, 6.45) is 7.36. The number of rotatable bonds is 4. The standard InChI is InChI=1S/C17H14F2O/c1-20-17-12-14(8-11-16(17)19)5-3-2-4-13-6-9-15(18)10-7-13/h2-12H,1H3/b4-2-,5-3+. The van der Waals surface area contributed by atoms with Crippen molar-refractivity contribution in [3.8, 4) is 5.75 Å². The number of allylic oxidation sites excluding steroid dienone is 2. The van der Waals surface area contributed by atoms with Crippen LogP contribution in [0.4, 0.5) is 8.78 Å². The highest BCUT2D eigenvalue weighted by Gasteiger charge is 2.00. The lowest BCUT2D eigenvalue weighted by atomic mass is 10.1. The van der Waals surface area contributed by atoms with Crippen molar-refractivity contribution in [2.75, 3.05) is 7.11 Å². The molecule has 1 nitrogen and oxygen atoms in total. The molecule has 2 aromatic rings. The first-order chi connectivity index (χ1) is 9.69. The average molecular weight is 272 g/mol. The predicted molar refractivity (Wildman–Crippen MR) is 77.4 cm³/mol. The van der Waals surface area contributed by atoms with E-state index in [0.29, 0.717) is 0 Å². The van der Waals surface area contributed by atoms with Crippen LogP contribution in [0.25, 0.3) is 12.2 Å². The molecule has 0 atom stereocenters. The second-order valence-electron chi connectivity index (χ2n) is 4.16. The van der Waals surface area contributed by atoms with E-state index >= 15 is 0 Å². The van der Waals surface area contributed by atoms with Gasteiger partial charge in [0.15, 0.2) is 11.6 Å². The summed E-state index contributed by atoms with van der Waals surface area (Å²) < 4.78 is 30.8. The fourth-order valence-corrected chi connectivity index (χ4v) is 1.69. The smallest absolute Gasteiger partial charge is 0.165 e. The number of ether oxygens (including phenoxy) is 1. The van der Waals surface area contributed by atoms with Crippen LogP contribution < -0.4 is 4.74 Å². The van der Waals surface area contributed by atoms with Crippen molar-refractivity contribution in [1.82, 2.24) is 0 Å². The fraction of sp³-hybridized carbons (Fsp3) is 0.0588. The van der Waals surface area contributed by atoms with Gasteiger partial charge in [-0.15, -0.1) is 0 Å². The van der Waals surface area contributed by atoms with Crippen molar-refractivity contribution in [3.05, 3.63) is 77.4 Å². The first kappa shape index (κ1) is 14.0. The minimum Gasteiger partial charge on any atom is -0.494 e. The van der Waals surface area contributed by atoms with Crippen molar-refractivity contribution in [2.24, 2.45) is 0 Å². The van der Waals surface area contributed by atoms with Gasteiger partial charge < -0.3 is 4.74 Å². The summed E-state index contributed by atoms with van der Waals surface area (Å²) in [5.41, 5.74) is 1.75. The maximum Gasteiger partial charge on any atom is 0.165 e. The van der Waals surface area contributed by atoms with Crippen LogP contribution in [-0.2, 0) is 0 Å². The SMILES string of the molecule is COc1cc(/C=C/C=C\c2ccc(F)cc2)ccc1F. The zero-order valence-electron chi connectivity index (χ0n) is 11.0. The van der Waals surface area contributed by atoms with Crippen molar-refractivity contribution < 1.29 is 13.5 Å². The molecule has 0 spiro atoms. The topological polar surface area (TPSA) is 9.23 Å². The third kappa shape index (κ3) is 3.79. The van der Waals surface area contributed by atoms with Gasteiger partial charge in [0.05, 0.1) is 7.11 Å². The van der Waals surface area contributed by atoms with E-state index < -0.39 is 0 Å². The Morgan fingerprint density at radius 1 is 0.850 bits per heavy atom. The Morgan fingerprint density at radius 3 is 2.10 bits per heavy atom. The summed E-state index contributed by atoms with van der Waals surface area (Å²) in [5.74, 6) is -0.419. The maximum atomic E-state index is 13.2. The minimum absolute atomic E-state index is 0.217. The number of hydrogen-bond donors (Lipinski definition) is 0. The lowest BCUT2D eigenvalue weighted by molar-refractivity contribution is 0.386. The van der Waals surface area contributed by atoms with Gasteiger partial charge in [0.2, 0.25) is 0 Å². The highest BCUT2D eigenvalue weighted by molar-refractivity contribution is 5.58. The van der Waals surface area contributed by atoms with Gasteiger partial charge >= 0.3 is 0 Å². The minimum atomic E-state index is -0.383. The summed E-state index contributed by atoms with van der Waals surface area (Å²) in [7, 11) is 1.43. The Morgan fingerprint density at radius 2 is 1.45 bits per heavy atom. The molecule has 0 saturated carbocycles. The van der Waals surface area contributed by atoms with Crippen LogP contribution in [-0.4, -0.2) is 7.11 Å². The van der Waals surface area contributed by atoms with Crippen molar-refractivity contribution in [2.45, 2.75) is 0 Å². The van der Waals surface area contributed by atoms with Crippen LogP contribution >= 0.6 is 0 Å². The molecular weight excluding hydrogens is 258 g/mol. The Labute approximate surface area is 116 Å². The van der Waals surface area contributed by atoms with E-state index in [1.54, 1.807) is 24.3 Å². The van der Waals surface area contributed by atoms with Crippen LogP contribution in [0.2, 0.25) is 0 Å². The van der Waals surface area contributed by atoms with Gasteiger partial charge in [0.1, 0.15) is 5.82 Å². The molecule has 102 valence electrons. The molecule has 0 saturated heterocycles. The molecule has 0 heterocycles. The predicted octanol–water partition coefficient (Wildman–Crippen LogP) is 4.70. The van der Waals surface area contributed by atoms with E-state index in [1.165, 1.54) is 25.3 Å². The van der Waals surface area contributed by atoms with Gasteiger partial charge in [0.25, 0.3) is 0 Å². The van der Waals surface area contributed by atoms with E-state index in [-0.39, 0.29) is 17.4 Å². The molecule has 2 rings (SSSR count). The van der Waals surface area contributed by atoms with Crippen LogP contribution in [0.3, 0.4) is 0 Å². The lowest BCUT2D eigenvalue weighted by Gasteiger charge is -2.01. The highest BCUT2D eigenvalue weighted by atomic mass is 19.1. The summed E-state index contributed by atoms with van der Waals surface area (Å²) in [5, 5.41) is 0. The molecule has 0 unspecified atom stereocenters. The second kappa shape index (κ2) is 6.66. The molecule has 2 aromatic carbocycles. The monoisotopic (exact) mass is 272 g/mol. The van der Waals surface area contributed by atoms with Crippen molar-refractivity contribution in [1.29, 1.82) is 0 Å². The molecule has 0 aliphatic heterocycles. The van der Waals surface area contributed by atoms with E-state index in [4.69, 9.17) is 4.74 Å². The van der Waals surface area contributed by atoms with Gasteiger partial charge in [0, 0.05) is 0 Å². The third-order valence-electron chi connectivity index (χ3n) is 2.73. The lowest BCUT2D eigenvalue weighted by Crippen LogP contribution is -1.87. The second-order valence-corrected chi connectivity index (χ2v) is 4.16. The zero-order valence-corrected chi connectivity index (χ0v) is 11.0. The quantitative estimate of drug-likeness (QED) is 0.733. The summed E-state index contributed by atoms with van der Waals surface area (Å²) in [6, 6.07) is 10.9. The Balaban J connectivity index is 2.04. The maximum absolute atomic E-state index is 13.2. The van der Waals surface area contributed by atoms with E-state index in [1.807, 2.05) is 24.3 Å². The van der Waals surface area contributed by atoms with Gasteiger partial charge in [-0.25, -0.2) is 8.78 Å². The van der Waals surface area contributed by atoms with Crippen LogP contribution in [0, 0.1) is 11.6 Å². The summed E-state index contributed by atoms with van der Waals surface area (Å²) in [4.78, 5) is 0. The fourth-order valence-electron chi connectivity index (χ4n) is 1.69. The van der Waals surface area contributed by atoms with Crippen LogP contribution in [0.5, 0.6) is 5.75 Å². The van der Waals surface area contributed by atoms with Gasteiger partial charge in [-0.1, -0.05) is 42.5 Å². The molecule has 0 N–H and O–H groups in total. The zero-order chi connectivity index (χ0) is 14.4. The Bertz CT molecular complexity index is 628.